The fourth-order valence-electron chi connectivity index (χ4n) is 3.66. The predicted octanol–water partition coefficient (Wildman–Crippen LogP) is 2.46. The zero-order valence-corrected chi connectivity index (χ0v) is 15.7. The monoisotopic (exact) mass is 369 g/mol. The highest BCUT2D eigenvalue weighted by atomic mass is 16.5. The molecule has 1 aliphatic rings. The van der Waals surface area contributed by atoms with Gasteiger partial charge in [0.25, 0.3) is 0 Å². The smallest absolute Gasteiger partial charge is 0.231 e. The zero-order valence-electron chi connectivity index (χ0n) is 15.7. The number of carbonyl (C=O) groups is 1. The summed E-state index contributed by atoms with van der Waals surface area (Å²) >= 11 is 0. The van der Waals surface area contributed by atoms with Gasteiger partial charge >= 0.3 is 0 Å². The summed E-state index contributed by atoms with van der Waals surface area (Å²) in [6.45, 7) is 0.986. The molecule has 5 heteroatoms. The first kappa shape index (κ1) is 19.4. The van der Waals surface area contributed by atoms with E-state index in [1.54, 1.807) is 7.11 Å². The molecule has 0 saturated carbocycles. The Balaban J connectivity index is 1.80. The Morgan fingerprint density at radius 1 is 1.15 bits per heavy atom. The molecule has 27 heavy (non-hydrogen) atoms. The summed E-state index contributed by atoms with van der Waals surface area (Å²) in [6, 6.07) is 17.2. The molecular weight excluding hydrogens is 342 g/mol. The van der Waals surface area contributed by atoms with Crippen LogP contribution in [-0.2, 0) is 21.4 Å². The van der Waals surface area contributed by atoms with Crippen molar-refractivity contribution in [2.75, 3.05) is 26.9 Å². The van der Waals surface area contributed by atoms with E-state index in [0.717, 1.165) is 16.9 Å². The van der Waals surface area contributed by atoms with Crippen LogP contribution in [-0.4, -0.2) is 44.0 Å². The maximum absolute atomic E-state index is 13.3. The molecule has 2 N–H and O–H groups in total. The molecule has 1 unspecified atom stereocenters. The lowest BCUT2D eigenvalue weighted by molar-refractivity contribution is -0.131. The fraction of sp³-hybridized carbons (Fsp3) is 0.409. The van der Waals surface area contributed by atoms with Crippen molar-refractivity contribution in [3.8, 4) is 5.75 Å². The molecule has 0 spiro atoms. The number of aliphatic hydroxyl groups is 1. The van der Waals surface area contributed by atoms with Crippen molar-refractivity contribution in [2.24, 2.45) is 0 Å². The molecule has 0 bridgehead atoms. The molecular formula is C22H27NO4. The van der Waals surface area contributed by atoms with Gasteiger partial charge in [-0.05, 0) is 42.5 Å². The molecule has 2 aromatic carbocycles. The molecule has 144 valence electrons. The van der Waals surface area contributed by atoms with Crippen molar-refractivity contribution < 1.29 is 19.4 Å². The molecule has 1 aliphatic heterocycles. The van der Waals surface area contributed by atoms with E-state index in [1.165, 1.54) is 0 Å². The summed E-state index contributed by atoms with van der Waals surface area (Å²) < 4.78 is 10.8. The highest BCUT2D eigenvalue weighted by molar-refractivity contribution is 5.88. The zero-order chi connectivity index (χ0) is 19.1. The van der Waals surface area contributed by atoms with Crippen LogP contribution in [0.15, 0.2) is 54.6 Å². The van der Waals surface area contributed by atoms with E-state index in [9.17, 15) is 9.90 Å². The minimum Gasteiger partial charge on any atom is -0.497 e. The van der Waals surface area contributed by atoms with Gasteiger partial charge < -0.3 is 19.9 Å². The molecule has 0 aromatic heterocycles. The van der Waals surface area contributed by atoms with Gasteiger partial charge in [-0.15, -0.1) is 0 Å². The van der Waals surface area contributed by atoms with Crippen LogP contribution in [0.5, 0.6) is 5.75 Å². The van der Waals surface area contributed by atoms with E-state index >= 15 is 0 Å². The van der Waals surface area contributed by atoms with Crippen molar-refractivity contribution in [1.29, 1.82) is 0 Å². The van der Waals surface area contributed by atoms with E-state index in [1.807, 2.05) is 54.6 Å². The largest absolute Gasteiger partial charge is 0.497 e. The second kappa shape index (κ2) is 9.02. The number of hydrogen-bond acceptors (Lipinski definition) is 4. The number of benzene rings is 2. The quantitative estimate of drug-likeness (QED) is 0.787. The van der Waals surface area contributed by atoms with E-state index in [2.05, 4.69) is 5.32 Å². The third kappa shape index (κ3) is 4.49. The molecule has 1 amide bonds. The highest BCUT2D eigenvalue weighted by Crippen LogP contribution is 2.36. The number of methoxy groups -OCH3 is 1. The number of amides is 1. The maximum Gasteiger partial charge on any atom is 0.231 e. The normalized spacial score (nSPS) is 17.1. The van der Waals surface area contributed by atoms with Gasteiger partial charge in [0.05, 0.1) is 25.2 Å². The van der Waals surface area contributed by atoms with Gasteiger partial charge in [0, 0.05) is 13.2 Å². The van der Waals surface area contributed by atoms with E-state index in [-0.39, 0.29) is 18.6 Å². The Kier molecular flexibility index (Phi) is 6.48. The molecule has 3 rings (SSSR count). The molecule has 5 nitrogen and oxygen atoms in total. The SMILES string of the molecule is COc1ccc(C2(C(=O)NC(CO)Cc3ccccc3)CCOCC2)cc1. The molecule has 1 heterocycles. The van der Waals surface area contributed by atoms with Crippen LogP contribution in [0.25, 0.3) is 0 Å². The van der Waals surface area contributed by atoms with Gasteiger partial charge in [0.2, 0.25) is 5.91 Å². The molecule has 2 aromatic rings. The number of aliphatic hydroxyl groups excluding tert-OH is 1. The van der Waals surface area contributed by atoms with Crippen molar-refractivity contribution in [1.82, 2.24) is 5.32 Å². The van der Waals surface area contributed by atoms with Gasteiger partial charge in [0.15, 0.2) is 0 Å². The minimum atomic E-state index is -0.644. The summed E-state index contributed by atoms with van der Waals surface area (Å²) in [5.74, 6) is 0.713. The standard InChI is InChI=1S/C22H27NO4/c1-26-20-9-7-18(8-10-20)22(11-13-27-14-12-22)21(25)23-19(16-24)15-17-5-3-2-4-6-17/h2-10,19,24H,11-16H2,1H3,(H,23,25). The van der Waals surface area contributed by atoms with Crippen LogP contribution in [0.3, 0.4) is 0 Å². The third-order valence-corrected chi connectivity index (χ3v) is 5.30. The van der Waals surface area contributed by atoms with Crippen molar-refractivity contribution in [3.63, 3.8) is 0 Å². The van der Waals surface area contributed by atoms with Crippen LogP contribution in [0.4, 0.5) is 0 Å². The lowest BCUT2D eigenvalue weighted by Crippen LogP contribution is -2.52. The van der Waals surface area contributed by atoms with Gasteiger partial charge in [0.1, 0.15) is 5.75 Å². The second-order valence-electron chi connectivity index (χ2n) is 6.97. The summed E-state index contributed by atoms with van der Waals surface area (Å²) in [5, 5.41) is 12.9. The van der Waals surface area contributed by atoms with Crippen LogP contribution in [0.1, 0.15) is 24.0 Å². The fourth-order valence-corrected chi connectivity index (χ4v) is 3.66. The van der Waals surface area contributed by atoms with Crippen molar-refractivity contribution >= 4 is 5.91 Å². The number of nitrogens with one attached hydrogen (secondary N) is 1. The first-order chi connectivity index (χ1) is 13.2. The van der Waals surface area contributed by atoms with Crippen LogP contribution < -0.4 is 10.1 Å². The topological polar surface area (TPSA) is 67.8 Å². The average molecular weight is 369 g/mol. The molecule has 1 fully saturated rings. The average Bonchev–Trinajstić information content (AvgIpc) is 2.74. The maximum atomic E-state index is 13.3. The summed E-state index contributed by atoms with van der Waals surface area (Å²) in [6.07, 6.45) is 1.83. The molecule has 0 aliphatic carbocycles. The van der Waals surface area contributed by atoms with E-state index in [0.29, 0.717) is 32.5 Å². The van der Waals surface area contributed by atoms with E-state index in [4.69, 9.17) is 9.47 Å². The molecule has 0 radical (unpaired) electrons. The molecule has 1 atom stereocenters. The van der Waals surface area contributed by atoms with E-state index < -0.39 is 5.41 Å². The number of rotatable bonds is 7. The van der Waals surface area contributed by atoms with Crippen molar-refractivity contribution in [3.05, 3.63) is 65.7 Å². The third-order valence-electron chi connectivity index (χ3n) is 5.30. The van der Waals surface area contributed by atoms with Crippen LogP contribution in [0, 0.1) is 0 Å². The summed E-state index contributed by atoms with van der Waals surface area (Å²) in [5.41, 5.74) is 1.40. The Labute approximate surface area is 160 Å². The van der Waals surface area contributed by atoms with Gasteiger partial charge in [-0.25, -0.2) is 0 Å². The Morgan fingerprint density at radius 2 is 1.81 bits per heavy atom. The Bertz CT molecular complexity index is 724. The lowest BCUT2D eigenvalue weighted by Gasteiger charge is -2.37. The van der Waals surface area contributed by atoms with Crippen LogP contribution >= 0.6 is 0 Å². The Hall–Kier alpha value is -2.37. The van der Waals surface area contributed by atoms with Gasteiger partial charge in [-0.1, -0.05) is 42.5 Å². The van der Waals surface area contributed by atoms with Crippen molar-refractivity contribution in [2.45, 2.75) is 30.7 Å². The first-order valence-electron chi connectivity index (χ1n) is 9.36. The molecule has 1 saturated heterocycles. The number of carbonyl (C=O) groups excluding carboxylic acids is 1. The first-order valence-corrected chi connectivity index (χ1v) is 9.36. The predicted molar refractivity (Wildman–Crippen MR) is 104 cm³/mol. The summed E-state index contributed by atoms with van der Waals surface area (Å²) in [7, 11) is 1.63. The minimum absolute atomic E-state index is 0.0500. The second-order valence-corrected chi connectivity index (χ2v) is 6.97. The highest BCUT2D eigenvalue weighted by Gasteiger charge is 2.42. The number of ether oxygens (including phenoxy) is 2. The van der Waals surface area contributed by atoms with Crippen LogP contribution in [0.2, 0.25) is 0 Å². The van der Waals surface area contributed by atoms with Gasteiger partial charge in [-0.3, -0.25) is 4.79 Å². The van der Waals surface area contributed by atoms with Gasteiger partial charge in [-0.2, -0.15) is 0 Å². The number of hydrogen-bond donors (Lipinski definition) is 2. The summed E-state index contributed by atoms with van der Waals surface area (Å²) in [4.78, 5) is 13.3. The lowest BCUT2D eigenvalue weighted by atomic mass is 9.73. The Morgan fingerprint density at radius 3 is 2.41 bits per heavy atom.